The van der Waals surface area contributed by atoms with Gasteiger partial charge in [-0.25, -0.2) is 0 Å². The average molecular weight is 350 g/mol. The quantitative estimate of drug-likeness (QED) is 0.749. The lowest BCUT2D eigenvalue weighted by Gasteiger charge is -2.38. The molecule has 1 aromatic heterocycles. The van der Waals surface area contributed by atoms with Crippen molar-refractivity contribution in [3.8, 4) is 11.5 Å². The SMILES string of the molecule is COc1cccc([C@H]2Nc3ccccc3C(=O)N2Cc2ccco2)c1O. The Morgan fingerprint density at radius 2 is 2.00 bits per heavy atom. The molecule has 0 spiro atoms. The van der Waals surface area contributed by atoms with E-state index in [1.54, 1.807) is 41.5 Å². The first-order valence-electron chi connectivity index (χ1n) is 8.24. The van der Waals surface area contributed by atoms with Gasteiger partial charge in [0.15, 0.2) is 11.5 Å². The Morgan fingerprint density at radius 1 is 1.15 bits per heavy atom. The van der Waals surface area contributed by atoms with Crippen LogP contribution in [-0.2, 0) is 6.54 Å². The number of furan rings is 1. The number of para-hydroxylation sites is 2. The Kier molecular flexibility index (Phi) is 4.01. The number of aromatic hydroxyl groups is 1. The highest BCUT2D eigenvalue weighted by atomic mass is 16.5. The van der Waals surface area contributed by atoms with E-state index in [9.17, 15) is 9.90 Å². The van der Waals surface area contributed by atoms with E-state index in [0.29, 0.717) is 22.6 Å². The van der Waals surface area contributed by atoms with E-state index in [1.807, 2.05) is 24.3 Å². The average Bonchev–Trinajstić information content (AvgIpc) is 3.17. The number of hydrogen-bond acceptors (Lipinski definition) is 5. The third-order valence-electron chi connectivity index (χ3n) is 4.47. The lowest BCUT2D eigenvalue weighted by atomic mass is 10.0. The first kappa shape index (κ1) is 16.1. The van der Waals surface area contributed by atoms with E-state index >= 15 is 0 Å². The predicted molar refractivity (Wildman–Crippen MR) is 96.0 cm³/mol. The molecule has 0 saturated heterocycles. The Hall–Kier alpha value is -3.41. The van der Waals surface area contributed by atoms with Gasteiger partial charge < -0.3 is 24.5 Å². The molecule has 0 fully saturated rings. The van der Waals surface area contributed by atoms with Gasteiger partial charge in [0.1, 0.15) is 11.9 Å². The molecule has 2 aromatic carbocycles. The second-order valence-corrected chi connectivity index (χ2v) is 6.00. The fraction of sp³-hybridized carbons (Fsp3) is 0.150. The van der Waals surface area contributed by atoms with E-state index < -0.39 is 6.17 Å². The number of phenols is 1. The number of hydrogen-bond donors (Lipinski definition) is 2. The summed E-state index contributed by atoms with van der Waals surface area (Å²) in [6.07, 6.45) is 1.01. The number of fused-ring (bicyclic) bond motifs is 1. The minimum Gasteiger partial charge on any atom is -0.504 e. The molecule has 1 aliphatic rings. The molecule has 1 atom stereocenters. The van der Waals surface area contributed by atoms with Gasteiger partial charge in [-0.3, -0.25) is 4.79 Å². The smallest absolute Gasteiger partial charge is 0.258 e. The van der Waals surface area contributed by atoms with Gasteiger partial charge in [0.05, 0.1) is 25.5 Å². The fourth-order valence-corrected chi connectivity index (χ4v) is 3.20. The number of phenolic OH excluding ortho intramolecular Hbond substituents is 1. The van der Waals surface area contributed by atoms with Crippen molar-refractivity contribution in [1.29, 1.82) is 0 Å². The van der Waals surface area contributed by atoms with Crippen molar-refractivity contribution >= 4 is 11.6 Å². The third kappa shape index (κ3) is 2.65. The fourth-order valence-electron chi connectivity index (χ4n) is 3.20. The zero-order chi connectivity index (χ0) is 18.1. The van der Waals surface area contributed by atoms with Crippen LogP contribution in [0.2, 0.25) is 0 Å². The van der Waals surface area contributed by atoms with E-state index in [0.717, 1.165) is 5.69 Å². The normalized spacial score (nSPS) is 16.1. The number of nitrogens with zero attached hydrogens (tertiary/aromatic N) is 1. The number of rotatable bonds is 4. The molecule has 4 rings (SSSR count). The number of ether oxygens (including phenoxy) is 1. The number of anilines is 1. The van der Waals surface area contributed by atoms with E-state index in [4.69, 9.17) is 9.15 Å². The molecule has 1 amide bonds. The van der Waals surface area contributed by atoms with Crippen molar-refractivity contribution in [3.05, 3.63) is 77.7 Å². The van der Waals surface area contributed by atoms with Crippen LogP contribution in [0.4, 0.5) is 5.69 Å². The van der Waals surface area contributed by atoms with Gasteiger partial charge in [-0.05, 0) is 30.3 Å². The summed E-state index contributed by atoms with van der Waals surface area (Å²) in [6.45, 7) is 0.272. The summed E-state index contributed by atoms with van der Waals surface area (Å²) in [7, 11) is 1.49. The van der Waals surface area contributed by atoms with Crippen LogP contribution < -0.4 is 10.1 Å². The second-order valence-electron chi connectivity index (χ2n) is 6.00. The first-order valence-corrected chi connectivity index (χ1v) is 8.24. The van der Waals surface area contributed by atoms with Crippen molar-refractivity contribution in [2.75, 3.05) is 12.4 Å². The molecule has 26 heavy (non-hydrogen) atoms. The number of nitrogens with one attached hydrogen (secondary N) is 1. The molecule has 6 heteroatoms. The van der Waals surface area contributed by atoms with Crippen LogP contribution in [-0.4, -0.2) is 23.0 Å². The first-order chi connectivity index (χ1) is 12.7. The minimum atomic E-state index is -0.558. The number of benzene rings is 2. The highest BCUT2D eigenvalue weighted by Gasteiger charge is 2.35. The van der Waals surface area contributed by atoms with Crippen LogP contribution in [0.5, 0.6) is 11.5 Å². The van der Waals surface area contributed by atoms with E-state index in [2.05, 4.69) is 5.32 Å². The highest BCUT2D eigenvalue weighted by Crippen LogP contribution is 2.40. The minimum absolute atomic E-state index is 0.00382. The maximum Gasteiger partial charge on any atom is 0.258 e. The van der Waals surface area contributed by atoms with Crippen LogP contribution in [0, 0.1) is 0 Å². The lowest BCUT2D eigenvalue weighted by molar-refractivity contribution is 0.0649. The van der Waals surface area contributed by atoms with Crippen molar-refractivity contribution in [2.45, 2.75) is 12.7 Å². The second kappa shape index (κ2) is 6.48. The standard InChI is InChI=1S/C20H18N2O4/c1-25-17-10-4-8-15(18(17)23)19-21-16-9-3-2-7-14(16)20(24)22(19)12-13-6-5-11-26-13/h2-11,19,21,23H,12H2,1H3/t19-/m0/s1. The zero-order valence-electron chi connectivity index (χ0n) is 14.2. The van der Waals surface area contributed by atoms with Gasteiger partial charge in [0, 0.05) is 11.3 Å². The molecule has 1 aliphatic heterocycles. The molecular formula is C20H18N2O4. The highest BCUT2D eigenvalue weighted by molar-refractivity contribution is 6.01. The number of amides is 1. The van der Waals surface area contributed by atoms with Gasteiger partial charge in [0.25, 0.3) is 5.91 Å². The summed E-state index contributed by atoms with van der Waals surface area (Å²) in [5.74, 6) is 0.882. The number of carbonyl (C=O) groups excluding carboxylic acids is 1. The molecule has 0 unspecified atom stereocenters. The van der Waals surface area contributed by atoms with Crippen molar-refractivity contribution in [2.24, 2.45) is 0 Å². The molecule has 0 aliphatic carbocycles. The summed E-state index contributed by atoms with van der Waals surface area (Å²) in [6, 6.07) is 16.1. The maximum absolute atomic E-state index is 13.1. The molecule has 2 N–H and O–H groups in total. The Labute approximate surface area is 150 Å². The number of carbonyl (C=O) groups is 1. The summed E-state index contributed by atoms with van der Waals surface area (Å²) in [5, 5.41) is 13.9. The maximum atomic E-state index is 13.1. The van der Waals surface area contributed by atoms with Crippen LogP contribution in [0.1, 0.15) is 27.8 Å². The Morgan fingerprint density at radius 3 is 2.77 bits per heavy atom. The molecule has 0 radical (unpaired) electrons. The molecule has 2 heterocycles. The van der Waals surface area contributed by atoms with Crippen molar-refractivity contribution in [3.63, 3.8) is 0 Å². The third-order valence-corrected chi connectivity index (χ3v) is 4.47. The van der Waals surface area contributed by atoms with Gasteiger partial charge in [-0.15, -0.1) is 0 Å². The van der Waals surface area contributed by atoms with Gasteiger partial charge >= 0.3 is 0 Å². The summed E-state index contributed by atoms with van der Waals surface area (Å²) in [5.41, 5.74) is 1.86. The zero-order valence-corrected chi connectivity index (χ0v) is 14.2. The Bertz CT molecular complexity index is 937. The predicted octanol–water partition coefficient (Wildman–Crippen LogP) is 3.76. The van der Waals surface area contributed by atoms with Crippen LogP contribution in [0.3, 0.4) is 0 Å². The van der Waals surface area contributed by atoms with Crippen LogP contribution in [0.15, 0.2) is 65.3 Å². The van der Waals surface area contributed by atoms with Gasteiger partial charge in [-0.1, -0.05) is 24.3 Å². The summed E-state index contributed by atoms with van der Waals surface area (Å²) in [4.78, 5) is 14.8. The van der Waals surface area contributed by atoms with E-state index in [1.165, 1.54) is 7.11 Å². The van der Waals surface area contributed by atoms with Crippen LogP contribution in [0.25, 0.3) is 0 Å². The van der Waals surface area contributed by atoms with Crippen molar-refractivity contribution in [1.82, 2.24) is 4.90 Å². The molecule has 0 saturated carbocycles. The van der Waals surface area contributed by atoms with Crippen LogP contribution >= 0.6 is 0 Å². The molecule has 0 bridgehead atoms. The largest absolute Gasteiger partial charge is 0.504 e. The van der Waals surface area contributed by atoms with Gasteiger partial charge in [-0.2, -0.15) is 0 Å². The lowest BCUT2D eigenvalue weighted by Crippen LogP contribution is -2.42. The molecule has 3 aromatic rings. The Balaban J connectivity index is 1.81. The van der Waals surface area contributed by atoms with Crippen molar-refractivity contribution < 1.29 is 19.1 Å². The number of methoxy groups -OCH3 is 1. The summed E-state index contributed by atoms with van der Waals surface area (Å²) < 4.78 is 10.6. The topological polar surface area (TPSA) is 74.9 Å². The van der Waals surface area contributed by atoms with E-state index in [-0.39, 0.29) is 18.2 Å². The summed E-state index contributed by atoms with van der Waals surface area (Å²) >= 11 is 0. The molecule has 132 valence electrons. The van der Waals surface area contributed by atoms with Gasteiger partial charge in [0.2, 0.25) is 0 Å². The molecular weight excluding hydrogens is 332 g/mol. The monoisotopic (exact) mass is 350 g/mol. The molecule has 6 nitrogen and oxygen atoms in total.